The molecule has 1 saturated heterocycles. The first-order chi connectivity index (χ1) is 11.2. The Morgan fingerprint density at radius 2 is 1.91 bits per heavy atom. The van der Waals surface area contributed by atoms with Gasteiger partial charge in [-0.1, -0.05) is 18.0 Å². The molecule has 0 unspecified atom stereocenters. The van der Waals surface area contributed by atoms with E-state index in [4.69, 9.17) is 11.6 Å². The fraction of sp³-hybridized carbons (Fsp3) is 0.421. The fourth-order valence-corrected chi connectivity index (χ4v) is 3.94. The lowest BCUT2D eigenvalue weighted by Crippen LogP contribution is -2.34. The molecular formula is C19H21ClN2O. The minimum atomic E-state index is 0.240. The number of piperidine rings is 1. The summed E-state index contributed by atoms with van der Waals surface area (Å²) in [5.41, 5.74) is 4.48. The molecule has 1 fully saturated rings. The van der Waals surface area contributed by atoms with E-state index in [1.807, 2.05) is 18.3 Å². The van der Waals surface area contributed by atoms with Crippen LogP contribution in [0.3, 0.4) is 0 Å². The molecule has 4 heteroatoms. The summed E-state index contributed by atoms with van der Waals surface area (Å²) in [7, 11) is 0. The molecule has 120 valence electrons. The molecule has 2 aliphatic heterocycles. The van der Waals surface area contributed by atoms with Crippen molar-refractivity contribution in [2.75, 3.05) is 19.6 Å². The fourth-order valence-electron chi connectivity index (χ4n) is 3.74. The molecule has 3 heterocycles. The predicted molar refractivity (Wildman–Crippen MR) is 92.8 cm³/mol. The number of aromatic nitrogens is 1. The number of hydrogen-bond donors (Lipinski definition) is 0. The van der Waals surface area contributed by atoms with E-state index in [1.165, 1.54) is 30.5 Å². The van der Waals surface area contributed by atoms with Crippen molar-refractivity contribution >= 4 is 17.4 Å². The van der Waals surface area contributed by atoms with Gasteiger partial charge in [0, 0.05) is 28.2 Å². The van der Waals surface area contributed by atoms with Gasteiger partial charge in [-0.2, -0.15) is 0 Å². The number of carbonyl (C=O) groups is 1. The first-order valence-electron chi connectivity index (χ1n) is 8.46. The van der Waals surface area contributed by atoms with Crippen LogP contribution in [0.25, 0.3) is 5.69 Å². The van der Waals surface area contributed by atoms with E-state index in [2.05, 4.69) is 21.6 Å². The van der Waals surface area contributed by atoms with E-state index in [-0.39, 0.29) is 5.78 Å². The molecule has 0 atom stereocenters. The van der Waals surface area contributed by atoms with E-state index in [0.29, 0.717) is 6.54 Å². The molecule has 3 nitrogen and oxygen atoms in total. The second-order valence-electron chi connectivity index (χ2n) is 6.62. The summed E-state index contributed by atoms with van der Waals surface area (Å²) in [6.45, 7) is 2.66. The summed E-state index contributed by atoms with van der Waals surface area (Å²) in [6.07, 6.45) is 7.68. The van der Waals surface area contributed by atoms with Crippen molar-refractivity contribution in [1.29, 1.82) is 0 Å². The van der Waals surface area contributed by atoms with Crippen LogP contribution in [0.4, 0.5) is 0 Å². The van der Waals surface area contributed by atoms with Gasteiger partial charge in [-0.05, 0) is 68.6 Å². The number of rotatable bonds is 3. The van der Waals surface area contributed by atoms with Gasteiger partial charge in [0.1, 0.15) is 0 Å². The molecule has 0 radical (unpaired) electrons. The monoisotopic (exact) mass is 328 g/mol. The molecule has 0 spiro atoms. The summed E-state index contributed by atoms with van der Waals surface area (Å²) in [6, 6.07) is 8.09. The van der Waals surface area contributed by atoms with Crippen molar-refractivity contribution in [1.82, 2.24) is 9.47 Å². The number of benzene rings is 1. The van der Waals surface area contributed by atoms with Gasteiger partial charge in [0.2, 0.25) is 0 Å². The maximum absolute atomic E-state index is 12.6. The smallest absolute Gasteiger partial charge is 0.178 e. The van der Waals surface area contributed by atoms with Gasteiger partial charge < -0.3 is 4.57 Å². The number of fused-ring (bicyclic) bond motifs is 3. The number of nitrogens with zero attached hydrogens (tertiary/aromatic N) is 2. The molecule has 2 aromatic rings. The Hall–Kier alpha value is -1.58. The lowest BCUT2D eigenvalue weighted by Gasteiger charge is -2.25. The average Bonchev–Trinajstić information content (AvgIpc) is 3.00. The summed E-state index contributed by atoms with van der Waals surface area (Å²) in [5.74, 6) is 0.240. The summed E-state index contributed by atoms with van der Waals surface area (Å²) in [4.78, 5) is 14.9. The number of halogens is 1. The van der Waals surface area contributed by atoms with Crippen molar-refractivity contribution in [3.8, 4) is 5.69 Å². The number of aryl methyl sites for hydroxylation is 2. The molecule has 23 heavy (non-hydrogen) atoms. The van der Waals surface area contributed by atoms with E-state index < -0.39 is 0 Å². The highest BCUT2D eigenvalue weighted by Gasteiger charge is 2.21. The molecule has 0 saturated carbocycles. The highest BCUT2D eigenvalue weighted by molar-refractivity contribution is 6.30. The van der Waals surface area contributed by atoms with Crippen LogP contribution in [0.15, 0.2) is 30.5 Å². The zero-order chi connectivity index (χ0) is 15.8. The van der Waals surface area contributed by atoms with Crippen molar-refractivity contribution in [2.45, 2.75) is 32.1 Å². The Morgan fingerprint density at radius 3 is 2.74 bits per heavy atom. The van der Waals surface area contributed by atoms with E-state index in [9.17, 15) is 4.79 Å². The van der Waals surface area contributed by atoms with Gasteiger partial charge in [-0.3, -0.25) is 9.69 Å². The van der Waals surface area contributed by atoms with Gasteiger partial charge in [0.05, 0.1) is 6.54 Å². The zero-order valence-electron chi connectivity index (χ0n) is 13.2. The minimum Gasteiger partial charge on any atom is -0.320 e. The van der Waals surface area contributed by atoms with Crippen LogP contribution in [-0.4, -0.2) is 34.9 Å². The number of hydrogen-bond acceptors (Lipinski definition) is 2. The van der Waals surface area contributed by atoms with Crippen LogP contribution in [0.5, 0.6) is 0 Å². The summed E-state index contributed by atoms with van der Waals surface area (Å²) < 4.78 is 2.17. The normalized spacial score (nSPS) is 17.6. The maximum Gasteiger partial charge on any atom is 0.178 e. The number of ketones is 1. The average molecular weight is 329 g/mol. The number of carbonyl (C=O) groups excluding carboxylic acids is 1. The second-order valence-corrected chi connectivity index (χ2v) is 7.06. The van der Waals surface area contributed by atoms with Crippen molar-refractivity contribution < 1.29 is 4.79 Å². The van der Waals surface area contributed by atoms with Crippen LogP contribution >= 0.6 is 11.6 Å². The number of likely N-dealkylation sites (tertiary alicyclic amines) is 1. The van der Waals surface area contributed by atoms with Crippen LogP contribution in [-0.2, 0) is 12.8 Å². The Balaban J connectivity index is 1.58. The van der Waals surface area contributed by atoms with Crippen LogP contribution in [0, 0.1) is 0 Å². The van der Waals surface area contributed by atoms with Gasteiger partial charge in [-0.15, -0.1) is 0 Å². The molecule has 1 aromatic heterocycles. The Labute approximate surface area is 141 Å². The van der Waals surface area contributed by atoms with E-state index >= 15 is 0 Å². The van der Waals surface area contributed by atoms with Crippen LogP contribution in [0.1, 0.15) is 40.9 Å². The summed E-state index contributed by atoms with van der Waals surface area (Å²) in [5, 5.41) is 0.778. The maximum atomic E-state index is 12.6. The van der Waals surface area contributed by atoms with E-state index in [1.54, 1.807) is 0 Å². The minimum absolute atomic E-state index is 0.240. The third-order valence-corrected chi connectivity index (χ3v) is 5.22. The molecule has 0 N–H and O–H groups in total. The molecule has 0 aliphatic carbocycles. The SMILES string of the molecule is O=C(CN1CCCCC1)c1cc2n(c1)-c1ccc(Cl)cc1CC2. The highest BCUT2D eigenvalue weighted by atomic mass is 35.5. The molecular weight excluding hydrogens is 308 g/mol. The first kappa shape index (κ1) is 15.0. The molecule has 1 aromatic carbocycles. The topological polar surface area (TPSA) is 25.2 Å². The lowest BCUT2D eigenvalue weighted by molar-refractivity contribution is 0.0916. The van der Waals surface area contributed by atoms with Crippen LogP contribution < -0.4 is 0 Å². The third-order valence-electron chi connectivity index (χ3n) is 4.99. The van der Waals surface area contributed by atoms with Gasteiger partial charge in [-0.25, -0.2) is 0 Å². The largest absolute Gasteiger partial charge is 0.320 e. The molecule has 2 aliphatic rings. The highest BCUT2D eigenvalue weighted by Crippen LogP contribution is 2.29. The van der Waals surface area contributed by atoms with Gasteiger partial charge in [0.15, 0.2) is 5.78 Å². The molecule has 0 amide bonds. The predicted octanol–water partition coefficient (Wildman–Crippen LogP) is 3.90. The summed E-state index contributed by atoms with van der Waals surface area (Å²) >= 11 is 6.10. The zero-order valence-corrected chi connectivity index (χ0v) is 14.0. The van der Waals surface area contributed by atoms with Crippen molar-refractivity contribution in [3.63, 3.8) is 0 Å². The standard InChI is InChI=1S/C19H21ClN2O/c20-16-5-7-18-14(10-16)4-6-17-11-15(12-22(17)18)19(23)13-21-8-2-1-3-9-21/h5,7,10-12H,1-4,6,8-9,13H2. The third kappa shape index (κ3) is 2.96. The van der Waals surface area contributed by atoms with E-state index in [0.717, 1.165) is 42.2 Å². The van der Waals surface area contributed by atoms with Gasteiger partial charge in [0.25, 0.3) is 0 Å². The van der Waals surface area contributed by atoms with Gasteiger partial charge >= 0.3 is 0 Å². The Bertz CT molecular complexity index is 744. The quantitative estimate of drug-likeness (QED) is 0.798. The van der Waals surface area contributed by atoms with Crippen molar-refractivity contribution in [3.05, 3.63) is 52.3 Å². The Kier molecular flexibility index (Phi) is 4.00. The lowest BCUT2D eigenvalue weighted by atomic mass is 10.0. The number of Topliss-reactive ketones (excluding diaryl/α,β-unsaturated/α-hetero) is 1. The molecule has 0 bridgehead atoms. The van der Waals surface area contributed by atoms with Crippen LogP contribution in [0.2, 0.25) is 5.02 Å². The van der Waals surface area contributed by atoms with Crippen molar-refractivity contribution in [2.24, 2.45) is 0 Å². The first-order valence-corrected chi connectivity index (χ1v) is 8.84. The second kappa shape index (κ2) is 6.14. The molecule has 4 rings (SSSR count). The Morgan fingerprint density at radius 1 is 1.09 bits per heavy atom.